The van der Waals surface area contributed by atoms with Gasteiger partial charge in [0.2, 0.25) is 0 Å². The third kappa shape index (κ3) is 2.45. The summed E-state index contributed by atoms with van der Waals surface area (Å²) >= 11 is 0. The summed E-state index contributed by atoms with van der Waals surface area (Å²) in [6.07, 6.45) is 0. The van der Waals surface area contributed by atoms with E-state index in [1.54, 1.807) is 6.92 Å². The monoisotopic (exact) mass is 228 g/mol. The number of ether oxygens (including phenoxy) is 1. The average molecular weight is 228 g/mol. The van der Waals surface area contributed by atoms with Gasteiger partial charge >= 0.3 is 0 Å². The van der Waals surface area contributed by atoms with Gasteiger partial charge in [-0.25, -0.2) is 20.2 Å². The molecule has 16 heavy (non-hydrogen) atoms. The van der Waals surface area contributed by atoms with Crippen molar-refractivity contribution < 1.29 is 9.13 Å². The number of hydrogen-bond acceptors (Lipinski definition) is 5. The number of nitrogens with zero attached hydrogens (tertiary/aromatic N) is 2. The largest absolute Gasteiger partial charge is 0.368 e. The Morgan fingerprint density at radius 2 is 2.06 bits per heavy atom. The van der Waals surface area contributed by atoms with E-state index in [4.69, 9.17) is 10.6 Å². The second-order valence-electron chi connectivity index (χ2n) is 3.88. The maximum atomic E-state index is 13.4. The van der Waals surface area contributed by atoms with Gasteiger partial charge in [-0.3, -0.25) is 0 Å². The van der Waals surface area contributed by atoms with Gasteiger partial charge in [-0.1, -0.05) is 0 Å². The highest BCUT2D eigenvalue weighted by atomic mass is 19.1. The molecule has 0 aliphatic rings. The van der Waals surface area contributed by atoms with E-state index in [0.717, 1.165) is 0 Å². The molecule has 90 valence electrons. The van der Waals surface area contributed by atoms with E-state index in [-0.39, 0.29) is 11.5 Å². The summed E-state index contributed by atoms with van der Waals surface area (Å²) in [6.45, 7) is 7.61. The van der Waals surface area contributed by atoms with Crippen molar-refractivity contribution in [1.82, 2.24) is 9.97 Å². The lowest BCUT2D eigenvalue weighted by Crippen LogP contribution is -2.26. The fraction of sp³-hybridized carbons (Fsp3) is 0.600. The Morgan fingerprint density at radius 1 is 1.44 bits per heavy atom. The standard InChI is InChI=1S/C10H17FN4O/c1-5-16-10(3,4)9-13-6(2)7(11)8(14-9)15-12/h5,12H2,1-4H3,(H,13,14,15). The zero-order chi connectivity index (χ0) is 12.3. The number of hydrogen-bond donors (Lipinski definition) is 2. The maximum Gasteiger partial charge on any atom is 0.187 e. The van der Waals surface area contributed by atoms with Gasteiger partial charge in [0.1, 0.15) is 5.60 Å². The summed E-state index contributed by atoms with van der Waals surface area (Å²) < 4.78 is 18.9. The number of aromatic nitrogens is 2. The Balaban J connectivity index is 3.20. The van der Waals surface area contributed by atoms with Crippen molar-refractivity contribution in [3.8, 4) is 0 Å². The topological polar surface area (TPSA) is 73.1 Å². The highest BCUT2D eigenvalue weighted by molar-refractivity contribution is 5.37. The van der Waals surface area contributed by atoms with E-state index in [0.29, 0.717) is 12.4 Å². The zero-order valence-corrected chi connectivity index (χ0v) is 9.97. The van der Waals surface area contributed by atoms with Crippen molar-refractivity contribution in [3.63, 3.8) is 0 Å². The van der Waals surface area contributed by atoms with Crippen LogP contribution in [0.25, 0.3) is 0 Å². The minimum atomic E-state index is -0.668. The molecule has 0 saturated carbocycles. The zero-order valence-electron chi connectivity index (χ0n) is 9.97. The third-order valence-corrected chi connectivity index (χ3v) is 2.20. The van der Waals surface area contributed by atoms with Crippen LogP contribution in [0.5, 0.6) is 0 Å². The second kappa shape index (κ2) is 4.71. The molecule has 0 bridgehead atoms. The molecule has 0 aliphatic carbocycles. The highest BCUT2D eigenvalue weighted by Gasteiger charge is 2.26. The Labute approximate surface area is 94.2 Å². The van der Waals surface area contributed by atoms with Gasteiger partial charge in [0.15, 0.2) is 17.5 Å². The molecular formula is C10H17FN4O. The van der Waals surface area contributed by atoms with E-state index in [2.05, 4.69) is 15.4 Å². The molecule has 0 fully saturated rings. The van der Waals surface area contributed by atoms with Crippen molar-refractivity contribution >= 4 is 5.82 Å². The first-order valence-electron chi connectivity index (χ1n) is 5.07. The number of rotatable bonds is 4. The predicted molar refractivity (Wildman–Crippen MR) is 59.2 cm³/mol. The van der Waals surface area contributed by atoms with Crippen LogP contribution >= 0.6 is 0 Å². The molecule has 1 rings (SSSR count). The highest BCUT2D eigenvalue weighted by Crippen LogP contribution is 2.24. The molecule has 5 nitrogen and oxygen atoms in total. The van der Waals surface area contributed by atoms with Crippen LogP contribution in [0.15, 0.2) is 0 Å². The van der Waals surface area contributed by atoms with Crippen LogP contribution in [0.2, 0.25) is 0 Å². The molecule has 0 radical (unpaired) electrons. The number of nitrogens with two attached hydrogens (primary N) is 1. The lowest BCUT2D eigenvalue weighted by atomic mass is 10.1. The van der Waals surface area contributed by atoms with E-state index < -0.39 is 11.4 Å². The van der Waals surface area contributed by atoms with Gasteiger partial charge in [-0.2, -0.15) is 0 Å². The van der Waals surface area contributed by atoms with Gasteiger partial charge in [-0.05, 0) is 27.7 Å². The summed E-state index contributed by atoms with van der Waals surface area (Å²) in [5.74, 6) is 5.03. The van der Waals surface area contributed by atoms with Gasteiger partial charge in [0.25, 0.3) is 0 Å². The van der Waals surface area contributed by atoms with Crippen LogP contribution in [0, 0.1) is 12.7 Å². The van der Waals surface area contributed by atoms with E-state index in [9.17, 15) is 4.39 Å². The molecule has 1 heterocycles. The molecule has 0 amide bonds. The summed E-state index contributed by atoms with van der Waals surface area (Å²) in [6, 6.07) is 0. The molecule has 0 spiro atoms. The fourth-order valence-corrected chi connectivity index (χ4v) is 1.35. The molecule has 1 aromatic heterocycles. The summed E-state index contributed by atoms with van der Waals surface area (Å²) in [7, 11) is 0. The summed E-state index contributed by atoms with van der Waals surface area (Å²) in [5, 5.41) is 0. The number of nitrogen functional groups attached to an aromatic ring is 1. The third-order valence-electron chi connectivity index (χ3n) is 2.20. The lowest BCUT2D eigenvalue weighted by Gasteiger charge is -2.23. The lowest BCUT2D eigenvalue weighted by molar-refractivity contribution is -0.0209. The average Bonchev–Trinajstić information content (AvgIpc) is 2.21. The molecular weight excluding hydrogens is 211 g/mol. The van der Waals surface area contributed by atoms with Gasteiger partial charge in [0.05, 0.1) is 5.69 Å². The smallest absolute Gasteiger partial charge is 0.187 e. The Bertz CT molecular complexity index is 381. The normalized spacial score (nSPS) is 11.6. The number of nitrogens with one attached hydrogen (secondary N) is 1. The quantitative estimate of drug-likeness (QED) is 0.603. The molecule has 6 heteroatoms. The Morgan fingerprint density at radius 3 is 2.56 bits per heavy atom. The molecule has 1 aromatic rings. The van der Waals surface area contributed by atoms with Crippen molar-refractivity contribution in [1.29, 1.82) is 0 Å². The van der Waals surface area contributed by atoms with E-state index in [1.807, 2.05) is 20.8 Å². The van der Waals surface area contributed by atoms with Gasteiger partial charge in [0, 0.05) is 6.61 Å². The molecule has 0 aliphatic heterocycles. The van der Waals surface area contributed by atoms with Gasteiger partial charge < -0.3 is 10.2 Å². The summed E-state index contributed by atoms with van der Waals surface area (Å²) in [4.78, 5) is 8.06. The first kappa shape index (κ1) is 12.8. The number of anilines is 1. The molecule has 0 atom stereocenters. The number of hydrazine groups is 1. The number of halogens is 1. The van der Waals surface area contributed by atoms with Crippen LogP contribution < -0.4 is 11.3 Å². The number of aryl methyl sites for hydroxylation is 1. The van der Waals surface area contributed by atoms with Crippen LogP contribution in [0.3, 0.4) is 0 Å². The van der Waals surface area contributed by atoms with Crippen LogP contribution in [0.4, 0.5) is 10.2 Å². The van der Waals surface area contributed by atoms with E-state index >= 15 is 0 Å². The maximum absolute atomic E-state index is 13.4. The van der Waals surface area contributed by atoms with Crippen molar-refractivity contribution in [2.45, 2.75) is 33.3 Å². The van der Waals surface area contributed by atoms with Crippen molar-refractivity contribution in [2.75, 3.05) is 12.0 Å². The SMILES string of the molecule is CCOC(C)(C)c1nc(C)c(F)c(NN)n1. The van der Waals surface area contributed by atoms with Crippen LogP contribution in [-0.2, 0) is 10.3 Å². The molecule has 0 unspecified atom stereocenters. The molecule has 3 N–H and O–H groups in total. The second-order valence-corrected chi connectivity index (χ2v) is 3.88. The Kier molecular flexibility index (Phi) is 3.77. The van der Waals surface area contributed by atoms with E-state index in [1.165, 1.54) is 0 Å². The molecule has 0 saturated heterocycles. The minimum absolute atomic E-state index is 0.0183. The first-order chi connectivity index (χ1) is 7.42. The summed E-state index contributed by atoms with van der Waals surface area (Å²) in [5.41, 5.74) is 1.78. The van der Waals surface area contributed by atoms with Crippen molar-refractivity contribution in [2.24, 2.45) is 5.84 Å². The molecule has 0 aromatic carbocycles. The van der Waals surface area contributed by atoms with Crippen molar-refractivity contribution in [3.05, 3.63) is 17.3 Å². The minimum Gasteiger partial charge on any atom is -0.368 e. The van der Waals surface area contributed by atoms with Crippen LogP contribution in [-0.4, -0.2) is 16.6 Å². The van der Waals surface area contributed by atoms with Gasteiger partial charge in [-0.15, -0.1) is 0 Å². The van der Waals surface area contributed by atoms with Crippen LogP contribution in [0.1, 0.15) is 32.3 Å². The Hall–Kier alpha value is -1.27. The fourth-order valence-electron chi connectivity index (χ4n) is 1.35. The first-order valence-corrected chi connectivity index (χ1v) is 5.07. The predicted octanol–water partition coefficient (Wildman–Crippen LogP) is 1.48.